The molecule has 1 heterocycles. The van der Waals surface area contributed by atoms with Crippen LogP contribution < -0.4 is 5.32 Å². The number of hydrogen-bond donors (Lipinski definition) is 1. The lowest BCUT2D eigenvalue weighted by molar-refractivity contribution is 0.269. The Hall–Kier alpha value is -0.640. The van der Waals surface area contributed by atoms with Crippen LogP contribution in [0.4, 0.5) is 0 Å². The molecule has 0 saturated heterocycles. The van der Waals surface area contributed by atoms with Gasteiger partial charge in [-0.1, -0.05) is 28.1 Å². The Morgan fingerprint density at radius 1 is 1.19 bits per heavy atom. The van der Waals surface area contributed by atoms with E-state index < -0.39 is 0 Å². The van der Waals surface area contributed by atoms with E-state index in [2.05, 4.69) is 71.5 Å². The number of rotatable bonds is 5. The summed E-state index contributed by atoms with van der Waals surface area (Å²) in [7, 11) is 0. The summed E-state index contributed by atoms with van der Waals surface area (Å²) in [5, 5.41) is 3.78. The minimum Gasteiger partial charge on any atom is -0.311 e. The highest BCUT2D eigenvalue weighted by Gasteiger charge is 2.30. The zero-order valence-electron chi connectivity index (χ0n) is 12.6. The van der Waals surface area contributed by atoms with E-state index in [-0.39, 0.29) is 0 Å². The van der Waals surface area contributed by atoms with E-state index in [4.69, 9.17) is 0 Å². The van der Waals surface area contributed by atoms with Crippen LogP contribution in [0.25, 0.3) is 0 Å². The van der Waals surface area contributed by atoms with Gasteiger partial charge in [-0.15, -0.1) is 11.3 Å². The Morgan fingerprint density at radius 3 is 2.52 bits per heavy atom. The second-order valence-electron chi connectivity index (χ2n) is 6.20. The van der Waals surface area contributed by atoms with E-state index in [1.165, 1.54) is 32.6 Å². The maximum atomic E-state index is 3.78. The molecule has 1 unspecified atom stereocenters. The first-order valence-corrected chi connectivity index (χ1v) is 9.28. The lowest BCUT2D eigenvalue weighted by Crippen LogP contribution is -2.45. The fourth-order valence-corrected chi connectivity index (χ4v) is 4.40. The normalized spacial score (nSPS) is 22.8. The van der Waals surface area contributed by atoms with Gasteiger partial charge in [0.1, 0.15) is 0 Å². The maximum absolute atomic E-state index is 3.78. The van der Waals surface area contributed by atoms with E-state index in [0.29, 0.717) is 12.1 Å². The Bertz CT molecular complexity index is 584. The number of nitrogens with one attached hydrogen (secondary N) is 1. The van der Waals surface area contributed by atoms with Crippen molar-refractivity contribution in [3.8, 4) is 0 Å². The highest BCUT2D eigenvalue weighted by atomic mass is 79.9. The van der Waals surface area contributed by atoms with Gasteiger partial charge in [0, 0.05) is 26.3 Å². The average Bonchev–Trinajstić information content (AvgIpc) is 2.80. The monoisotopic (exact) mass is 363 g/mol. The van der Waals surface area contributed by atoms with Crippen LogP contribution in [0.5, 0.6) is 0 Å². The highest BCUT2D eigenvalue weighted by molar-refractivity contribution is 9.10. The SMILES string of the molecule is Cc1ccc(CC(C)NC2CC(c3ccc(Br)cc3)C2)s1. The minimum absolute atomic E-state index is 0.568. The van der Waals surface area contributed by atoms with Gasteiger partial charge < -0.3 is 5.32 Å². The molecule has 1 nitrogen and oxygen atoms in total. The second-order valence-corrected chi connectivity index (χ2v) is 8.49. The summed E-state index contributed by atoms with van der Waals surface area (Å²) in [6.45, 7) is 4.49. The molecule has 3 heteroatoms. The van der Waals surface area contributed by atoms with Gasteiger partial charge in [-0.3, -0.25) is 0 Å². The Labute approximate surface area is 139 Å². The first-order chi connectivity index (χ1) is 10.1. The molecule has 21 heavy (non-hydrogen) atoms. The largest absolute Gasteiger partial charge is 0.311 e. The van der Waals surface area contributed by atoms with Crippen LogP contribution in [0.2, 0.25) is 0 Å². The molecule has 0 radical (unpaired) electrons. The van der Waals surface area contributed by atoms with Gasteiger partial charge in [-0.05, 0) is 68.9 Å². The molecule has 1 fully saturated rings. The van der Waals surface area contributed by atoms with Gasteiger partial charge in [-0.25, -0.2) is 0 Å². The lowest BCUT2D eigenvalue weighted by Gasteiger charge is -2.38. The molecule has 1 aliphatic rings. The molecular weight excluding hydrogens is 342 g/mol. The van der Waals surface area contributed by atoms with Gasteiger partial charge in [0.2, 0.25) is 0 Å². The first kappa shape index (κ1) is 15.3. The number of hydrogen-bond acceptors (Lipinski definition) is 2. The number of halogens is 1. The molecule has 112 valence electrons. The van der Waals surface area contributed by atoms with Gasteiger partial charge in [0.25, 0.3) is 0 Å². The summed E-state index contributed by atoms with van der Waals surface area (Å²) >= 11 is 5.42. The van der Waals surface area contributed by atoms with E-state index in [1.54, 1.807) is 0 Å². The van der Waals surface area contributed by atoms with Gasteiger partial charge in [0.05, 0.1) is 0 Å². The van der Waals surface area contributed by atoms with Crippen molar-refractivity contribution in [1.82, 2.24) is 5.32 Å². The Morgan fingerprint density at radius 2 is 1.90 bits per heavy atom. The number of benzene rings is 1. The first-order valence-electron chi connectivity index (χ1n) is 7.67. The van der Waals surface area contributed by atoms with Crippen LogP contribution in [0.1, 0.15) is 41.0 Å². The Kier molecular flexibility index (Phi) is 4.82. The van der Waals surface area contributed by atoms with Crippen LogP contribution in [-0.2, 0) is 6.42 Å². The molecule has 1 saturated carbocycles. The molecule has 0 aliphatic heterocycles. The fourth-order valence-electron chi connectivity index (χ4n) is 3.12. The third kappa shape index (κ3) is 3.97. The van der Waals surface area contributed by atoms with E-state index in [1.807, 2.05) is 11.3 Å². The van der Waals surface area contributed by atoms with Crippen LogP contribution in [0, 0.1) is 6.92 Å². The van der Waals surface area contributed by atoms with Crippen LogP contribution >= 0.6 is 27.3 Å². The molecule has 1 atom stereocenters. The average molecular weight is 364 g/mol. The number of thiophene rings is 1. The third-order valence-corrected chi connectivity index (χ3v) is 5.85. The van der Waals surface area contributed by atoms with Crippen molar-refractivity contribution in [2.45, 2.75) is 51.1 Å². The van der Waals surface area contributed by atoms with Crippen molar-refractivity contribution >= 4 is 27.3 Å². The van der Waals surface area contributed by atoms with Gasteiger partial charge in [0.15, 0.2) is 0 Å². The van der Waals surface area contributed by atoms with Crippen molar-refractivity contribution in [3.05, 3.63) is 56.2 Å². The zero-order valence-corrected chi connectivity index (χ0v) is 15.0. The number of aryl methyl sites for hydroxylation is 1. The molecule has 0 bridgehead atoms. The second kappa shape index (κ2) is 6.64. The van der Waals surface area contributed by atoms with Crippen molar-refractivity contribution < 1.29 is 0 Å². The summed E-state index contributed by atoms with van der Waals surface area (Å²) in [5.74, 6) is 0.742. The van der Waals surface area contributed by atoms with Crippen LogP contribution in [-0.4, -0.2) is 12.1 Å². The molecule has 1 aromatic carbocycles. The standard InChI is InChI=1S/C18H22BrNS/c1-12(9-18-8-3-13(2)21-18)20-17-10-15(11-17)14-4-6-16(19)7-5-14/h3-8,12,15,17,20H,9-11H2,1-2H3. The van der Waals surface area contributed by atoms with Crippen molar-refractivity contribution in [2.24, 2.45) is 0 Å². The molecule has 3 rings (SSSR count). The van der Waals surface area contributed by atoms with Gasteiger partial charge in [-0.2, -0.15) is 0 Å². The van der Waals surface area contributed by atoms with E-state index >= 15 is 0 Å². The topological polar surface area (TPSA) is 12.0 Å². The molecule has 1 aromatic heterocycles. The van der Waals surface area contributed by atoms with Crippen LogP contribution in [0.15, 0.2) is 40.9 Å². The zero-order chi connectivity index (χ0) is 14.8. The van der Waals surface area contributed by atoms with Crippen molar-refractivity contribution in [2.75, 3.05) is 0 Å². The smallest absolute Gasteiger partial charge is 0.0175 e. The minimum atomic E-state index is 0.568. The predicted molar refractivity (Wildman–Crippen MR) is 95.3 cm³/mol. The van der Waals surface area contributed by atoms with E-state index in [9.17, 15) is 0 Å². The van der Waals surface area contributed by atoms with Crippen molar-refractivity contribution in [1.29, 1.82) is 0 Å². The summed E-state index contributed by atoms with van der Waals surface area (Å²) in [6.07, 6.45) is 3.70. The maximum Gasteiger partial charge on any atom is 0.0175 e. The van der Waals surface area contributed by atoms with Gasteiger partial charge >= 0.3 is 0 Å². The Balaban J connectivity index is 1.45. The predicted octanol–water partition coefficient (Wildman–Crippen LogP) is 5.29. The summed E-state index contributed by atoms with van der Waals surface area (Å²) in [5.41, 5.74) is 1.48. The van der Waals surface area contributed by atoms with Crippen molar-refractivity contribution in [3.63, 3.8) is 0 Å². The lowest BCUT2D eigenvalue weighted by atomic mass is 9.75. The third-order valence-electron chi connectivity index (χ3n) is 4.30. The molecule has 0 spiro atoms. The quantitative estimate of drug-likeness (QED) is 0.761. The molecule has 2 aromatic rings. The summed E-state index contributed by atoms with van der Waals surface area (Å²) < 4.78 is 1.17. The summed E-state index contributed by atoms with van der Waals surface area (Å²) in [6, 6.07) is 14.6. The van der Waals surface area contributed by atoms with Crippen LogP contribution in [0.3, 0.4) is 0 Å². The highest BCUT2D eigenvalue weighted by Crippen LogP contribution is 2.37. The fraction of sp³-hybridized carbons (Fsp3) is 0.444. The molecular formula is C18H22BrNS. The molecule has 1 N–H and O–H groups in total. The molecule has 0 amide bonds. The van der Waals surface area contributed by atoms with E-state index in [0.717, 1.165) is 12.3 Å². The summed E-state index contributed by atoms with van der Waals surface area (Å²) in [4.78, 5) is 2.91. The molecule has 1 aliphatic carbocycles.